The second-order valence-electron chi connectivity index (χ2n) is 4.39. The van der Waals surface area contributed by atoms with Crippen LogP contribution in [0, 0.1) is 11.7 Å². The van der Waals surface area contributed by atoms with Gasteiger partial charge in [-0.3, -0.25) is 0 Å². The zero-order chi connectivity index (χ0) is 10.7. The summed E-state index contributed by atoms with van der Waals surface area (Å²) in [7, 11) is 0. The highest BCUT2D eigenvalue weighted by atomic mass is 19.1. The van der Waals surface area contributed by atoms with Crippen LogP contribution in [-0.4, -0.2) is 6.04 Å². The van der Waals surface area contributed by atoms with Crippen molar-refractivity contribution in [3.05, 3.63) is 30.1 Å². The predicted molar refractivity (Wildman–Crippen MR) is 61.4 cm³/mol. The van der Waals surface area contributed by atoms with E-state index in [2.05, 4.69) is 12.2 Å². The lowest BCUT2D eigenvalue weighted by Crippen LogP contribution is -2.21. The Balaban J connectivity index is 1.98. The van der Waals surface area contributed by atoms with Gasteiger partial charge in [0.05, 0.1) is 0 Å². The zero-order valence-corrected chi connectivity index (χ0v) is 9.17. The molecule has 1 unspecified atom stereocenters. The van der Waals surface area contributed by atoms with E-state index in [0.29, 0.717) is 6.04 Å². The molecule has 2 rings (SSSR count). The van der Waals surface area contributed by atoms with Crippen molar-refractivity contribution in [1.82, 2.24) is 0 Å². The van der Waals surface area contributed by atoms with E-state index in [4.69, 9.17) is 0 Å². The summed E-state index contributed by atoms with van der Waals surface area (Å²) in [5.41, 5.74) is 0.917. The van der Waals surface area contributed by atoms with E-state index in [1.165, 1.54) is 31.7 Å². The number of nitrogens with one attached hydrogen (secondary N) is 1. The minimum absolute atomic E-state index is 0.161. The molecule has 0 radical (unpaired) electrons. The summed E-state index contributed by atoms with van der Waals surface area (Å²) in [6.07, 6.45) is 5.02. The normalized spacial score (nSPS) is 17.5. The number of hydrogen-bond donors (Lipinski definition) is 1. The summed E-state index contributed by atoms with van der Waals surface area (Å²) in [5.74, 6) is 0.652. The zero-order valence-electron chi connectivity index (χ0n) is 9.17. The van der Waals surface area contributed by atoms with Crippen LogP contribution in [0.4, 0.5) is 10.1 Å². The van der Waals surface area contributed by atoms with Crippen molar-refractivity contribution in [3.63, 3.8) is 0 Å². The number of hydrogen-bond acceptors (Lipinski definition) is 1. The third-order valence-electron chi connectivity index (χ3n) is 2.97. The van der Waals surface area contributed by atoms with Gasteiger partial charge < -0.3 is 5.32 Å². The fourth-order valence-corrected chi connectivity index (χ4v) is 2.03. The largest absolute Gasteiger partial charge is 0.382 e. The minimum Gasteiger partial charge on any atom is -0.382 e. The van der Waals surface area contributed by atoms with Gasteiger partial charge >= 0.3 is 0 Å². The summed E-state index contributed by atoms with van der Waals surface area (Å²) in [5, 5.41) is 3.44. The highest BCUT2D eigenvalue weighted by Crippen LogP contribution is 2.36. The fraction of sp³-hybridized carbons (Fsp3) is 0.538. The van der Waals surface area contributed by atoms with Gasteiger partial charge in [0.1, 0.15) is 5.82 Å². The second-order valence-corrected chi connectivity index (χ2v) is 4.39. The number of anilines is 1. The summed E-state index contributed by atoms with van der Waals surface area (Å²) < 4.78 is 13.0. The fourth-order valence-electron chi connectivity index (χ4n) is 2.03. The summed E-state index contributed by atoms with van der Waals surface area (Å²) in [4.78, 5) is 0. The smallest absolute Gasteiger partial charge is 0.125 e. The monoisotopic (exact) mass is 207 g/mol. The van der Waals surface area contributed by atoms with E-state index in [-0.39, 0.29) is 5.82 Å². The molecule has 82 valence electrons. The van der Waals surface area contributed by atoms with E-state index in [9.17, 15) is 4.39 Å². The van der Waals surface area contributed by atoms with Gasteiger partial charge in [-0.2, -0.15) is 0 Å². The Morgan fingerprint density at radius 1 is 1.47 bits per heavy atom. The summed E-state index contributed by atoms with van der Waals surface area (Å²) in [6.45, 7) is 2.20. The van der Waals surface area contributed by atoms with E-state index < -0.39 is 0 Å². The molecule has 1 nitrogen and oxygen atoms in total. The Bertz CT molecular complexity index is 320. The Hall–Kier alpha value is -1.05. The van der Waals surface area contributed by atoms with Crippen molar-refractivity contribution in [2.24, 2.45) is 5.92 Å². The quantitative estimate of drug-likeness (QED) is 0.774. The van der Waals surface area contributed by atoms with Crippen LogP contribution in [0.5, 0.6) is 0 Å². The minimum atomic E-state index is -0.161. The Morgan fingerprint density at radius 2 is 2.27 bits per heavy atom. The van der Waals surface area contributed by atoms with Gasteiger partial charge in [-0.05, 0) is 43.4 Å². The molecule has 0 saturated heterocycles. The molecule has 0 bridgehead atoms. The van der Waals surface area contributed by atoms with Crippen molar-refractivity contribution < 1.29 is 4.39 Å². The molecule has 2 heteroatoms. The van der Waals surface area contributed by atoms with Gasteiger partial charge in [-0.1, -0.05) is 19.4 Å². The molecule has 1 fully saturated rings. The summed E-state index contributed by atoms with van der Waals surface area (Å²) >= 11 is 0. The molecular weight excluding hydrogens is 189 g/mol. The van der Waals surface area contributed by atoms with Crippen molar-refractivity contribution in [2.75, 3.05) is 5.32 Å². The maximum atomic E-state index is 13.0. The Morgan fingerprint density at radius 3 is 2.87 bits per heavy atom. The topological polar surface area (TPSA) is 12.0 Å². The molecule has 1 aromatic carbocycles. The standard InChI is InChI=1S/C13H18FN/c1-2-4-13(10-7-8-10)15-12-6-3-5-11(14)9-12/h3,5-6,9-10,13,15H,2,4,7-8H2,1H3. The van der Waals surface area contributed by atoms with Gasteiger partial charge in [0, 0.05) is 11.7 Å². The van der Waals surface area contributed by atoms with Crippen LogP contribution in [0.3, 0.4) is 0 Å². The first kappa shape index (κ1) is 10.5. The van der Waals surface area contributed by atoms with Crippen LogP contribution in [-0.2, 0) is 0 Å². The van der Waals surface area contributed by atoms with Crippen molar-refractivity contribution in [3.8, 4) is 0 Å². The molecule has 1 aromatic rings. The van der Waals surface area contributed by atoms with Crippen LogP contribution >= 0.6 is 0 Å². The van der Waals surface area contributed by atoms with Crippen LogP contribution in [0.15, 0.2) is 24.3 Å². The summed E-state index contributed by atoms with van der Waals surface area (Å²) in [6, 6.07) is 7.29. The van der Waals surface area contributed by atoms with Crippen molar-refractivity contribution >= 4 is 5.69 Å². The first-order chi connectivity index (χ1) is 7.29. The van der Waals surface area contributed by atoms with Crippen molar-refractivity contribution in [1.29, 1.82) is 0 Å². The highest BCUT2D eigenvalue weighted by molar-refractivity contribution is 5.44. The molecule has 15 heavy (non-hydrogen) atoms. The van der Waals surface area contributed by atoms with E-state index in [0.717, 1.165) is 11.6 Å². The van der Waals surface area contributed by atoms with E-state index >= 15 is 0 Å². The molecule has 0 aromatic heterocycles. The average molecular weight is 207 g/mol. The third kappa shape index (κ3) is 2.95. The first-order valence-corrected chi connectivity index (χ1v) is 5.81. The molecule has 1 saturated carbocycles. The predicted octanol–water partition coefficient (Wildman–Crippen LogP) is 3.82. The molecular formula is C13H18FN. The van der Waals surface area contributed by atoms with Gasteiger partial charge in [0.15, 0.2) is 0 Å². The maximum absolute atomic E-state index is 13.0. The Kier molecular flexibility index (Phi) is 3.24. The number of halogens is 1. The molecule has 0 amide bonds. The van der Waals surface area contributed by atoms with E-state index in [1.54, 1.807) is 12.1 Å². The number of benzene rings is 1. The van der Waals surface area contributed by atoms with E-state index in [1.807, 2.05) is 6.07 Å². The highest BCUT2D eigenvalue weighted by Gasteiger charge is 2.30. The first-order valence-electron chi connectivity index (χ1n) is 5.81. The lowest BCUT2D eigenvalue weighted by atomic mass is 10.1. The van der Waals surface area contributed by atoms with Crippen LogP contribution < -0.4 is 5.32 Å². The lowest BCUT2D eigenvalue weighted by Gasteiger charge is -2.18. The van der Waals surface area contributed by atoms with Gasteiger partial charge in [-0.15, -0.1) is 0 Å². The number of rotatable bonds is 5. The van der Waals surface area contributed by atoms with Gasteiger partial charge in [-0.25, -0.2) is 4.39 Å². The van der Waals surface area contributed by atoms with Gasteiger partial charge in [0.2, 0.25) is 0 Å². The lowest BCUT2D eigenvalue weighted by molar-refractivity contribution is 0.576. The van der Waals surface area contributed by atoms with Crippen LogP contribution in [0.2, 0.25) is 0 Å². The SMILES string of the molecule is CCCC(Nc1cccc(F)c1)C1CC1. The Labute approximate surface area is 90.7 Å². The molecule has 1 N–H and O–H groups in total. The van der Waals surface area contributed by atoms with Gasteiger partial charge in [0.25, 0.3) is 0 Å². The molecule has 1 atom stereocenters. The molecule has 1 aliphatic carbocycles. The maximum Gasteiger partial charge on any atom is 0.125 e. The molecule has 0 spiro atoms. The molecule has 1 aliphatic rings. The van der Waals surface area contributed by atoms with Crippen LogP contribution in [0.1, 0.15) is 32.6 Å². The molecule has 0 aliphatic heterocycles. The van der Waals surface area contributed by atoms with Crippen molar-refractivity contribution in [2.45, 2.75) is 38.6 Å². The second kappa shape index (κ2) is 4.65. The van der Waals surface area contributed by atoms with Crippen LogP contribution in [0.25, 0.3) is 0 Å². The third-order valence-corrected chi connectivity index (χ3v) is 2.97. The molecule has 0 heterocycles. The average Bonchev–Trinajstić information content (AvgIpc) is 3.00.